The van der Waals surface area contributed by atoms with Crippen LogP contribution in [0.1, 0.15) is 0 Å². The second-order valence-electron chi connectivity index (χ2n) is 2.48. The number of nitrogens with zero attached hydrogens (tertiary/aromatic N) is 1. The van der Waals surface area contributed by atoms with Crippen molar-refractivity contribution in [3.8, 4) is 12.3 Å². The third kappa shape index (κ3) is 2.38. The molecule has 0 aliphatic rings. The van der Waals surface area contributed by atoms with E-state index in [1.165, 1.54) is 18.2 Å². The van der Waals surface area contributed by atoms with E-state index < -0.39 is 4.92 Å². The monoisotopic (exact) mass is 210 g/mol. The molecule has 0 saturated carbocycles. The van der Waals surface area contributed by atoms with Crippen LogP contribution in [-0.2, 0) is 0 Å². The molecule has 0 fully saturated rings. The summed E-state index contributed by atoms with van der Waals surface area (Å²) in [7, 11) is 0. The number of halogens is 1. The van der Waals surface area contributed by atoms with Gasteiger partial charge in [0.15, 0.2) is 0 Å². The maximum Gasteiger partial charge on any atom is 0.271 e. The van der Waals surface area contributed by atoms with Crippen molar-refractivity contribution >= 4 is 23.0 Å². The van der Waals surface area contributed by atoms with Gasteiger partial charge in [-0.2, -0.15) is 0 Å². The molecule has 0 bridgehead atoms. The first-order chi connectivity index (χ1) is 6.65. The average Bonchev–Trinajstić information content (AvgIpc) is 2.15. The summed E-state index contributed by atoms with van der Waals surface area (Å²) in [6, 6.07) is 4.17. The van der Waals surface area contributed by atoms with Crippen molar-refractivity contribution in [3.63, 3.8) is 0 Å². The van der Waals surface area contributed by atoms with Crippen LogP contribution in [0, 0.1) is 22.5 Å². The van der Waals surface area contributed by atoms with E-state index in [9.17, 15) is 10.1 Å². The fraction of sp³-hybridized carbons (Fsp3) is 0.111. The van der Waals surface area contributed by atoms with E-state index in [1.807, 2.05) is 0 Å². The Hall–Kier alpha value is -1.73. The zero-order valence-corrected chi connectivity index (χ0v) is 7.91. The molecule has 72 valence electrons. The fourth-order valence-corrected chi connectivity index (χ4v) is 1.15. The van der Waals surface area contributed by atoms with E-state index >= 15 is 0 Å². The molecule has 0 heterocycles. The fourth-order valence-electron chi connectivity index (χ4n) is 0.907. The second-order valence-corrected chi connectivity index (χ2v) is 2.89. The Labute approximate surface area is 86.0 Å². The van der Waals surface area contributed by atoms with Gasteiger partial charge in [0.1, 0.15) is 0 Å². The van der Waals surface area contributed by atoms with Crippen molar-refractivity contribution in [1.29, 1.82) is 0 Å². The summed E-state index contributed by atoms with van der Waals surface area (Å²) >= 11 is 5.77. The third-order valence-corrected chi connectivity index (χ3v) is 1.86. The lowest BCUT2D eigenvalue weighted by Crippen LogP contribution is -1.99. The molecule has 5 heteroatoms. The third-order valence-electron chi connectivity index (χ3n) is 1.54. The van der Waals surface area contributed by atoms with Gasteiger partial charge in [-0.3, -0.25) is 10.1 Å². The Kier molecular flexibility index (Phi) is 3.32. The van der Waals surface area contributed by atoms with Crippen molar-refractivity contribution in [2.24, 2.45) is 0 Å². The quantitative estimate of drug-likeness (QED) is 0.473. The zero-order valence-electron chi connectivity index (χ0n) is 7.16. The number of nitro groups is 1. The first-order valence-corrected chi connectivity index (χ1v) is 4.14. The van der Waals surface area contributed by atoms with E-state index in [2.05, 4.69) is 11.2 Å². The topological polar surface area (TPSA) is 55.2 Å². The van der Waals surface area contributed by atoms with Crippen LogP contribution in [0.2, 0.25) is 5.02 Å². The van der Waals surface area contributed by atoms with Crippen molar-refractivity contribution in [2.75, 3.05) is 11.9 Å². The highest BCUT2D eigenvalue weighted by molar-refractivity contribution is 6.33. The smallest absolute Gasteiger partial charge is 0.271 e. The van der Waals surface area contributed by atoms with Crippen molar-refractivity contribution in [2.45, 2.75) is 0 Å². The molecule has 1 aromatic rings. The first kappa shape index (κ1) is 10.4. The van der Waals surface area contributed by atoms with Crippen LogP contribution in [0.3, 0.4) is 0 Å². The standard InChI is InChI=1S/C9H7ClN2O2/c1-2-5-11-9-4-3-7(12(13)14)6-8(9)10/h1,3-4,6,11H,5H2. The minimum Gasteiger partial charge on any atom is -0.373 e. The second kappa shape index (κ2) is 4.49. The molecule has 0 atom stereocenters. The molecular formula is C9H7ClN2O2. The molecule has 0 radical (unpaired) electrons. The first-order valence-electron chi connectivity index (χ1n) is 3.76. The van der Waals surface area contributed by atoms with Crippen LogP contribution in [0.15, 0.2) is 18.2 Å². The lowest BCUT2D eigenvalue weighted by molar-refractivity contribution is -0.384. The summed E-state index contributed by atoms with van der Waals surface area (Å²) in [5.74, 6) is 2.38. The molecular weight excluding hydrogens is 204 g/mol. The van der Waals surface area contributed by atoms with Crippen molar-refractivity contribution in [3.05, 3.63) is 33.3 Å². The van der Waals surface area contributed by atoms with Gasteiger partial charge in [-0.15, -0.1) is 6.42 Å². The molecule has 0 saturated heterocycles. The maximum absolute atomic E-state index is 10.4. The van der Waals surface area contributed by atoms with E-state index in [0.717, 1.165) is 0 Å². The zero-order chi connectivity index (χ0) is 10.6. The maximum atomic E-state index is 10.4. The molecule has 14 heavy (non-hydrogen) atoms. The highest BCUT2D eigenvalue weighted by Crippen LogP contribution is 2.26. The van der Waals surface area contributed by atoms with E-state index in [4.69, 9.17) is 18.0 Å². The minimum absolute atomic E-state index is 0.0405. The van der Waals surface area contributed by atoms with E-state index in [1.54, 1.807) is 0 Å². The van der Waals surface area contributed by atoms with Gasteiger partial charge < -0.3 is 5.32 Å². The largest absolute Gasteiger partial charge is 0.373 e. The number of rotatable bonds is 3. The predicted octanol–water partition coefficient (Wildman–Crippen LogP) is 2.29. The van der Waals surface area contributed by atoms with Gasteiger partial charge in [-0.05, 0) is 6.07 Å². The molecule has 0 aliphatic carbocycles. The van der Waals surface area contributed by atoms with Crippen molar-refractivity contribution in [1.82, 2.24) is 0 Å². The molecule has 0 spiro atoms. The summed E-state index contributed by atoms with van der Waals surface area (Å²) < 4.78 is 0. The summed E-state index contributed by atoms with van der Waals surface area (Å²) in [6.45, 7) is 0.331. The average molecular weight is 211 g/mol. The Balaban J connectivity index is 2.91. The van der Waals surface area contributed by atoms with Gasteiger partial charge in [0.05, 0.1) is 22.2 Å². The van der Waals surface area contributed by atoms with Crippen LogP contribution in [-0.4, -0.2) is 11.5 Å². The Bertz CT molecular complexity index is 398. The van der Waals surface area contributed by atoms with E-state index in [0.29, 0.717) is 12.2 Å². The number of benzene rings is 1. The highest BCUT2D eigenvalue weighted by Gasteiger charge is 2.08. The van der Waals surface area contributed by atoms with Crippen LogP contribution in [0.4, 0.5) is 11.4 Å². The number of nitro benzene ring substituents is 1. The SMILES string of the molecule is C#CCNc1ccc([N+](=O)[O-])cc1Cl. The van der Waals surface area contributed by atoms with Crippen LogP contribution in [0.25, 0.3) is 0 Å². The molecule has 0 aromatic heterocycles. The van der Waals surface area contributed by atoms with Crippen LogP contribution >= 0.6 is 11.6 Å². The lowest BCUT2D eigenvalue weighted by Gasteiger charge is -2.03. The van der Waals surface area contributed by atoms with Crippen LogP contribution in [0.5, 0.6) is 0 Å². The number of hydrogen-bond donors (Lipinski definition) is 1. The molecule has 0 amide bonds. The molecule has 1 rings (SSSR count). The highest BCUT2D eigenvalue weighted by atomic mass is 35.5. The molecule has 0 aliphatic heterocycles. The summed E-state index contributed by atoms with van der Waals surface area (Å²) in [5.41, 5.74) is 0.552. The predicted molar refractivity (Wildman–Crippen MR) is 55.4 cm³/mol. The normalized spacial score (nSPS) is 9.14. The molecule has 4 nitrogen and oxygen atoms in total. The summed E-state index contributed by atoms with van der Waals surface area (Å²) in [4.78, 5) is 9.87. The lowest BCUT2D eigenvalue weighted by atomic mass is 10.3. The number of hydrogen-bond acceptors (Lipinski definition) is 3. The Morgan fingerprint density at radius 2 is 2.36 bits per heavy atom. The molecule has 1 N–H and O–H groups in total. The number of non-ortho nitro benzene ring substituents is 1. The Morgan fingerprint density at radius 3 is 2.86 bits per heavy atom. The Morgan fingerprint density at radius 1 is 1.64 bits per heavy atom. The van der Waals surface area contributed by atoms with E-state index in [-0.39, 0.29) is 10.7 Å². The van der Waals surface area contributed by atoms with Gasteiger partial charge in [0, 0.05) is 12.1 Å². The van der Waals surface area contributed by atoms with Gasteiger partial charge in [0.2, 0.25) is 0 Å². The van der Waals surface area contributed by atoms with Gasteiger partial charge in [0.25, 0.3) is 5.69 Å². The van der Waals surface area contributed by atoms with Gasteiger partial charge in [-0.25, -0.2) is 0 Å². The van der Waals surface area contributed by atoms with Gasteiger partial charge in [-0.1, -0.05) is 17.5 Å². The van der Waals surface area contributed by atoms with Crippen LogP contribution < -0.4 is 5.32 Å². The number of anilines is 1. The number of terminal acetylenes is 1. The van der Waals surface area contributed by atoms with Gasteiger partial charge >= 0.3 is 0 Å². The molecule has 1 aromatic carbocycles. The number of nitrogens with one attached hydrogen (secondary N) is 1. The summed E-state index contributed by atoms with van der Waals surface area (Å²) in [6.07, 6.45) is 5.04. The molecule has 0 unspecified atom stereocenters. The van der Waals surface area contributed by atoms with Crippen molar-refractivity contribution < 1.29 is 4.92 Å². The minimum atomic E-state index is -0.503. The summed E-state index contributed by atoms with van der Waals surface area (Å²) in [5, 5.41) is 13.5.